The van der Waals surface area contributed by atoms with Crippen molar-refractivity contribution in [3.8, 4) is 0 Å². The summed E-state index contributed by atoms with van der Waals surface area (Å²) < 4.78 is 28.5. The zero-order chi connectivity index (χ0) is 24.6. The first-order valence-electron chi connectivity index (χ1n) is 10.8. The molecule has 1 heterocycles. The molecule has 1 aromatic heterocycles. The Morgan fingerprint density at radius 1 is 1.12 bits per heavy atom. The van der Waals surface area contributed by atoms with Crippen LogP contribution in [-0.2, 0) is 16.4 Å². The van der Waals surface area contributed by atoms with Crippen LogP contribution >= 0.6 is 27.5 Å². The maximum absolute atomic E-state index is 12.6. The second-order valence-electron chi connectivity index (χ2n) is 7.63. The molecule has 0 bridgehead atoms. The lowest BCUT2D eigenvalue weighted by Crippen LogP contribution is -2.26. The molecule has 0 spiro atoms. The summed E-state index contributed by atoms with van der Waals surface area (Å²) in [4.78, 5) is 8.87. The molecule has 0 radical (unpaired) electrons. The molecule has 0 saturated carbocycles. The van der Waals surface area contributed by atoms with E-state index >= 15 is 0 Å². The SMILES string of the molecule is CCC[C@H](CO)Nc1nc(Nc2ccc(S(=O)(=O)NCCc3ccc(Cl)cc3)cc2)ncc1Br. The smallest absolute Gasteiger partial charge is 0.240 e. The van der Waals surface area contributed by atoms with Gasteiger partial charge in [0.25, 0.3) is 0 Å². The van der Waals surface area contributed by atoms with E-state index in [2.05, 4.69) is 41.3 Å². The lowest BCUT2D eigenvalue weighted by atomic mass is 10.2. The molecule has 0 aliphatic heterocycles. The van der Waals surface area contributed by atoms with E-state index in [0.29, 0.717) is 33.4 Å². The molecule has 3 rings (SSSR count). The van der Waals surface area contributed by atoms with E-state index in [1.807, 2.05) is 19.1 Å². The van der Waals surface area contributed by atoms with Gasteiger partial charge in [0.05, 0.1) is 22.0 Å². The Bertz CT molecular complexity index is 1180. The number of nitrogens with one attached hydrogen (secondary N) is 3. The number of sulfonamides is 1. The van der Waals surface area contributed by atoms with Crippen molar-refractivity contribution in [3.05, 3.63) is 69.8 Å². The minimum absolute atomic E-state index is 0.00326. The van der Waals surface area contributed by atoms with Crippen molar-refractivity contribution >= 4 is 55.0 Å². The predicted molar refractivity (Wildman–Crippen MR) is 139 cm³/mol. The van der Waals surface area contributed by atoms with Crippen LogP contribution < -0.4 is 15.4 Å². The van der Waals surface area contributed by atoms with E-state index in [9.17, 15) is 13.5 Å². The normalized spacial score (nSPS) is 12.4. The molecule has 4 N–H and O–H groups in total. The molecule has 1 atom stereocenters. The third kappa shape index (κ3) is 7.64. The van der Waals surface area contributed by atoms with Gasteiger partial charge in [-0.25, -0.2) is 18.1 Å². The number of halogens is 2. The molecule has 8 nitrogen and oxygen atoms in total. The third-order valence-corrected chi connectivity index (χ3v) is 7.29. The number of rotatable bonds is 12. The van der Waals surface area contributed by atoms with Gasteiger partial charge in [-0.15, -0.1) is 0 Å². The average Bonchev–Trinajstić information content (AvgIpc) is 2.82. The molecule has 0 amide bonds. The summed E-state index contributed by atoms with van der Waals surface area (Å²) in [5, 5.41) is 16.5. The first-order valence-corrected chi connectivity index (χ1v) is 13.5. The van der Waals surface area contributed by atoms with Crippen molar-refractivity contribution in [2.45, 2.75) is 37.1 Å². The lowest BCUT2D eigenvalue weighted by molar-refractivity contribution is 0.268. The van der Waals surface area contributed by atoms with E-state index in [4.69, 9.17) is 11.6 Å². The number of aromatic nitrogens is 2. The van der Waals surface area contributed by atoms with Crippen LogP contribution in [0.4, 0.5) is 17.5 Å². The molecule has 0 aliphatic carbocycles. The maximum Gasteiger partial charge on any atom is 0.240 e. The summed E-state index contributed by atoms with van der Waals surface area (Å²) in [7, 11) is -3.64. The van der Waals surface area contributed by atoms with Crippen LogP contribution in [0.1, 0.15) is 25.3 Å². The van der Waals surface area contributed by atoms with Crippen molar-refractivity contribution in [2.24, 2.45) is 0 Å². The largest absolute Gasteiger partial charge is 0.394 e. The number of aliphatic hydroxyl groups excluding tert-OH is 1. The van der Waals surface area contributed by atoms with Gasteiger partial charge in [-0.05, 0) is 70.7 Å². The van der Waals surface area contributed by atoms with Crippen molar-refractivity contribution in [1.82, 2.24) is 14.7 Å². The standard InChI is InChI=1S/C23H27BrClN5O3S/c1-2-3-19(15-31)28-22-21(24)14-26-23(30-22)29-18-8-10-20(11-9-18)34(32,33)27-13-12-16-4-6-17(25)7-5-16/h4-11,14,19,27,31H,2-3,12-13,15H2,1H3,(H2,26,28,29,30)/t19-/m1/s1. The molecule has 0 unspecified atom stereocenters. The molecule has 0 aliphatic rings. The Kier molecular flexibility index (Phi) is 9.66. The summed E-state index contributed by atoms with van der Waals surface area (Å²) in [5.41, 5.74) is 1.63. The van der Waals surface area contributed by atoms with E-state index in [1.165, 1.54) is 12.1 Å². The first-order chi connectivity index (χ1) is 16.3. The number of benzene rings is 2. The van der Waals surface area contributed by atoms with Crippen molar-refractivity contribution in [2.75, 3.05) is 23.8 Å². The molecule has 2 aromatic carbocycles. The fraction of sp³-hybridized carbons (Fsp3) is 0.304. The number of nitrogens with zero attached hydrogens (tertiary/aromatic N) is 2. The van der Waals surface area contributed by atoms with Gasteiger partial charge in [-0.3, -0.25) is 0 Å². The van der Waals surface area contributed by atoms with E-state index in [0.717, 1.165) is 18.4 Å². The summed E-state index contributed by atoms with van der Waals surface area (Å²) in [6, 6.07) is 13.5. The van der Waals surface area contributed by atoms with E-state index in [1.54, 1.807) is 30.5 Å². The third-order valence-electron chi connectivity index (χ3n) is 4.98. The zero-order valence-corrected chi connectivity index (χ0v) is 21.8. The summed E-state index contributed by atoms with van der Waals surface area (Å²) in [6.07, 6.45) is 3.90. The maximum atomic E-state index is 12.6. The topological polar surface area (TPSA) is 116 Å². The van der Waals surface area contributed by atoms with Gasteiger partial charge in [0.2, 0.25) is 16.0 Å². The average molecular weight is 569 g/mol. The quantitative estimate of drug-likeness (QED) is 0.250. The number of hydrogen-bond acceptors (Lipinski definition) is 7. The second-order valence-corrected chi connectivity index (χ2v) is 10.7. The second kappa shape index (κ2) is 12.5. The summed E-state index contributed by atoms with van der Waals surface area (Å²) >= 11 is 9.29. The van der Waals surface area contributed by atoms with Crippen LogP contribution in [0, 0.1) is 0 Å². The number of aliphatic hydroxyl groups is 1. The zero-order valence-electron chi connectivity index (χ0n) is 18.6. The highest BCUT2D eigenvalue weighted by atomic mass is 79.9. The van der Waals surface area contributed by atoms with Crippen LogP contribution in [0.15, 0.2) is 64.1 Å². The fourth-order valence-corrected chi connectivity index (χ4v) is 4.65. The van der Waals surface area contributed by atoms with Crippen LogP contribution in [0.2, 0.25) is 5.02 Å². The van der Waals surface area contributed by atoms with Gasteiger partial charge in [0.1, 0.15) is 5.82 Å². The van der Waals surface area contributed by atoms with Gasteiger partial charge in [-0.1, -0.05) is 37.1 Å². The number of anilines is 3. The molecule has 3 aromatic rings. The van der Waals surface area contributed by atoms with Gasteiger partial charge >= 0.3 is 0 Å². The molecule has 34 heavy (non-hydrogen) atoms. The highest BCUT2D eigenvalue weighted by molar-refractivity contribution is 9.10. The minimum Gasteiger partial charge on any atom is -0.394 e. The molecular formula is C23H27BrClN5O3S. The molecular weight excluding hydrogens is 542 g/mol. The monoisotopic (exact) mass is 567 g/mol. The van der Waals surface area contributed by atoms with Crippen LogP contribution in [-0.4, -0.2) is 42.7 Å². The Hall–Kier alpha value is -2.24. The molecule has 0 saturated heterocycles. The molecule has 182 valence electrons. The van der Waals surface area contributed by atoms with Gasteiger partial charge < -0.3 is 15.7 Å². The highest BCUT2D eigenvalue weighted by Crippen LogP contribution is 2.24. The summed E-state index contributed by atoms with van der Waals surface area (Å²) in [6.45, 7) is 2.32. The van der Waals surface area contributed by atoms with Crippen molar-refractivity contribution in [1.29, 1.82) is 0 Å². The minimum atomic E-state index is -3.64. The predicted octanol–water partition coefficient (Wildman–Crippen LogP) is 4.73. The Morgan fingerprint density at radius 3 is 2.47 bits per heavy atom. The van der Waals surface area contributed by atoms with Gasteiger partial charge in [0, 0.05) is 23.5 Å². The number of hydrogen-bond donors (Lipinski definition) is 4. The van der Waals surface area contributed by atoms with Crippen LogP contribution in [0.5, 0.6) is 0 Å². The Morgan fingerprint density at radius 2 is 1.82 bits per heavy atom. The molecule has 11 heteroatoms. The lowest BCUT2D eigenvalue weighted by Gasteiger charge is -2.17. The summed E-state index contributed by atoms with van der Waals surface area (Å²) in [5.74, 6) is 0.907. The highest BCUT2D eigenvalue weighted by Gasteiger charge is 2.14. The Balaban J connectivity index is 1.61. The fourth-order valence-electron chi connectivity index (χ4n) is 3.19. The Labute approximate surface area is 213 Å². The van der Waals surface area contributed by atoms with E-state index in [-0.39, 0.29) is 24.1 Å². The van der Waals surface area contributed by atoms with Crippen molar-refractivity contribution in [3.63, 3.8) is 0 Å². The van der Waals surface area contributed by atoms with Gasteiger partial charge in [-0.2, -0.15) is 4.98 Å². The van der Waals surface area contributed by atoms with Crippen molar-refractivity contribution < 1.29 is 13.5 Å². The van der Waals surface area contributed by atoms with Crippen LogP contribution in [0.25, 0.3) is 0 Å². The van der Waals surface area contributed by atoms with Crippen LogP contribution in [0.3, 0.4) is 0 Å². The van der Waals surface area contributed by atoms with E-state index < -0.39 is 10.0 Å². The molecule has 0 fully saturated rings. The first kappa shape index (κ1) is 26.4. The van der Waals surface area contributed by atoms with Gasteiger partial charge in [0.15, 0.2) is 0 Å².